The number of phenolic OH excluding ortho intramolecular Hbond substituents is 3. The van der Waals surface area contributed by atoms with Crippen LogP contribution in [0.2, 0.25) is 0 Å². The summed E-state index contributed by atoms with van der Waals surface area (Å²) in [4.78, 5) is 12.9. The summed E-state index contributed by atoms with van der Waals surface area (Å²) < 4.78 is 27.2. The third-order valence-corrected chi connectivity index (χ3v) is 7.41. The van der Waals surface area contributed by atoms with Gasteiger partial charge in [0.1, 0.15) is 59.4 Å². The van der Waals surface area contributed by atoms with E-state index in [1.807, 2.05) is 0 Å². The largest absolute Gasteiger partial charge is 0.507 e. The Bertz CT molecular complexity index is 1250. The summed E-state index contributed by atoms with van der Waals surface area (Å²) in [5, 5.41) is 92.3. The Labute approximate surface area is 245 Å². The highest BCUT2D eigenvalue weighted by atomic mass is 16.8. The minimum atomic E-state index is -1.79. The van der Waals surface area contributed by atoms with Gasteiger partial charge in [-0.15, -0.1) is 0 Å². The van der Waals surface area contributed by atoms with E-state index in [1.54, 1.807) is 6.07 Å². The van der Waals surface area contributed by atoms with Crippen LogP contribution < -0.4 is 9.47 Å². The monoisotopic (exact) mass is 612 g/mol. The molecular formula is C28H36O15. The Kier molecular flexibility index (Phi) is 10.3. The number of hydrogen-bond acceptors (Lipinski definition) is 15. The van der Waals surface area contributed by atoms with Gasteiger partial charge in [0.15, 0.2) is 29.7 Å². The first kappa shape index (κ1) is 32.7. The number of rotatable bonds is 10. The number of aliphatic hydroxyl groups is 6. The standard InChI is InChI=1S/C28H36O15/c1-11-21(34)23(36)25(38)27(40-11)43-26-24(37)22(35)19(10-29)42-28(26)41-13-8-16(32)20(17(33)9-13)14(30)5-3-12-4-6-18(39-2)15(31)7-12/h4,6-9,11,19,21-29,31-38H,3,5,10H2,1-2H3/t11-,19-,21+,22+,23+,24+,25-,26-,27-,28+/m0/s1. The quantitative estimate of drug-likeness (QED) is 0.141. The second kappa shape index (κ2) is 13.6. The maximum atomic E-state index is 12.9. The van der Waals surface area contributed by atoms with Gasteiger partial charge in [-0.1, -0.05) is 6.07 Å². The van der Waals surface area contributed by atoms with Crippen molar-refractivity contribution in [2.24, 2.45) is 0 Å². The number of carbonyl (C=O) groups excluding carboxylic acids is 1. The number of aromatic hydroxyl groups is 3. The number of Topliss-reactive ketones (excluding diaryl/α,β-unsaturated/α-hetero) is 1. The number of benzene rings is 2. The first-order valence-electron chi connectivity index (χ1n) is 13.5. The molecule has 2 saturated heterocycles. The molecule has 0 amide bonds. The van der Waals surface area contributed by atoms with Gasteiger partial charge in [0, 0.05) is 18.6 Å². The van der Waals surface area contributed by atoms with Crippen molar-refractivity contribution in [3.8, 4) is 28.7 Å². The molecule has 2 aromatic carbocycles. The minimum absolute atomic E-state index is 0.110. The van der Waals surface area contributed by atoms with Gasteiger partial charge in [-0.3, -0.25) is 4.79 Å². The van der Waals surface area contributed by atoms with Gasteiger partial charge in [-0.2, -0.15) is 0 Å². The van der Waals surface area contributed by atoms with Gasteiger partial charge >= 0.3 is 0 Å². The fraction of sp³-hybridized carbons (Fsp3) is 0.536. The van der Waals surface area contributed by atoms with E-state index >= 15 is 0 Å². The minimum Gasteiger partial charge on any atom is -0.507 e. The molecule has 238 valence electrons. The molecule has 2 aromatic rings. The van der Waals surface area contributed by atoms with Crippen LogP contribution in [0.1, 0.15) is 29.3 Å². The maximum Gasteiger partial charge on any atom is 0.229 e. The van der Waals surface area contributed by atoms with Gasteiger partial charge < -0.3 is 69.6 Å². The summed E-state index contributed by atoms with van der Waals surface area (Å²) in [5.41, 5.74) is 0.208. The van der Waals surface area contributed by atoms with E-state index in [0.717, 1.165) is 12.1 Å². The van der Waals surface area contributed by atoms with Crippen molar-refractivity contribution in [3.63, 3.8) is 0 Å². The van der Waals surface area contributed by atoms with Crippen LogP contribution in [0.3, 0.4) is 0 Å². The molecule has 9 N–H and O–H groups in total. The van der Waals surface area contributed by atoms with Crippen molar-refractivity contribution in [1.82, 2.24) is 0 Å². The van der Waals surface area contributed by atoms with Crippen molar-refractivity contribution in [2.75, 3.05) is 13.7 Å². The average molecular weight is 613 g/mol. The third-order valence-electron chi connectivity index (χ3n) is 7.41. The molecule has 0 radical (unpaired) electrons. The average Bonchev–Trinajstić information content (AvgIpc) is 2.96. The predicted molar refractivity (Wildman–Crippen MR) is 143 cm³/mol. The molecular weight excluding hydrogens is 576 g/mol. The lowest BCUT2D eigenvalue weighted by atomic mass is 9.97. The Balaban J connectivity index is 1.51. The lowest BCUT2D eigenvalue weighted by Gasteiger charge is -2.45. The normalized spacial score (nSPS) is 32.7. The Hall–Kier alpha value is -3.25. The van der Waals surface area contributed by atoms with Gasteiger partial charge in [0.05, 0.1) is 19.8 Å². The topological polar surface area (TPSA) is 245 Å². The molecule has 15 nitrogen and oxygen atoms in total. The summed E-state index contributed by atoms with van der Waals surface area (Å²) >= 11 is 0. The zero-order chi connectivity index (χ0) is 31.6. The van der Waals surface area contributed by atoms with Gasteiger partial charge in [0.25, 0.3) is 0 Å². The van der Waals surface area contributed by atoms with Crippen LogP contribution in [0.4, 0.5) is 0 Å². The highest BCUT2D eigenvalue weighted by Crippen LogP contribution is 2.37. The lowest BCUT2D eigenvalue weighted by molar-refractivity contribution is -0.354. The second-order valence-electron chi connectivity index (χ2n) is 10.4. The Morgan fingerprint density at radius 3 is 2.12 bits per heavy atom. The van der Waals surface area contributed by atoms with E-state index < -0.39 is 90.9 Å². The highest BCUT2D eigenvalue weighted by molar-refractivity contribution is 6.01. The first-order valence-corrected chi connectivity index (χ1v) is 13.5. The molecule has 15 heteroatoms. The van der Waals surface area contributed by atoms with Crippen LogP contribution in [0.5, 0.6) is 28.7 Å². The smallest absolute Gasteiger partial charge is 0.229 e. The number of ether oxygens (including phenoxy) is 5. The summed E-state index contributed by atoms with van der Waals surface area (Å²) in [6.45, 7) is 0.662. The van der Waals surface area contributed by atoms with Crippen molar-refractivity contribution >= 4 is 5.78 Å². The van der Waals surface area contributed by atoms with Crippen molar-refractivity contribution in [3.05, 3.63) is 41.5 Å². The van der Waals surface area contributed by atoms with E-state index in [0.29, 0.717) is 5.56 Å². The lowest BCUT2D eigenvalue weighted by Crippen LogP contribution is -2.64. The van der Waals surface area contributed by atoms with E-state index in [-0.39, 0.29) is 30.1 Å². The molecule has 0 aromatic heterocycles. The fourth-order valence-corrected chi connectivity index (χ4v) is 4.93. The molecule has 0 aliphatic carbocycles. The van der Waals surface area contributed by atoms with E-state index in [9.17, 15) is 50.8 Å². The molecule has 10 atom stereocenters. The SMILES string of the molecule is COc1ccc(CCC(=O)c2c(O)cc(O[C@@H]3O[C@@H](CO)[C@@H](O)[C@@H](O)[C@@H]3O[C@@H]3O[C@@H](C)[C@@H](O)[C@@H](O)[C@@H]3O)cc2O)cc1O. The summed E-state index contributed by atoms with van der Waals surface area (Å²) in [5.74, 6) is -2.04. The predicted octanol–water partition coefficient (Wildman–Crippen LogP) is -1.34. The van der Waals surface area contributed by atoms with E-state index in [4.69, 9.17) is 23.7 Å². The molecule has 0 unspecified atom stereocenters. The number of aryl methyl sites for hydroxylation is 1. The summed E-state index contributed by atoms with van der Waals surface area (Å²) in [6, 6.07) is 6.59. The highest BCUT2D eigenvalue weighted by Gasteiger charge is 2.51. The zero-order valence-electron chi connectivity index (χ0n) is 23.3. The number of phenols is 3. The van der Waals surface area contributed by atoms with Gasteiger partial charge in [-0.25, -0.2) is 0 Å². The second-order valence-corrected chi connectivity index (χ2v) is 10.4. The number of hydrogen-bond donors (Lipinski definition) is 9. The molecule has 0 spiro atoms. The van der Waals surface area contributed by atoms with Gasteiger partial charge in [-0.05, 0) is 31.0 Å². The van der Waals surface area contributed by atoms with Crippen LogP contribution in [0, 0.1) is 0 Å². The molecule has 0 saturated carbocycles. The van der Waals surface area contributed by atoms with Gasteiger partial charge in [0.2, 0.25) is 6.29 Å². The van der Waals surface area contributed by atoms with E-state index in [1.165, 1.54) is 26.2 Å². The van der Waals surface area contributed by atoms with Crippen LogP contribution in [-0.4, -0.2) is 127 Å². The van der Waals surface area contributed by atoms with Crippen molar-refractivity contribution in [1.29, 1.82) is 0 Å². The summed E-state index contributed by atoms with van der Waals surface area (Å²) in [6.07, 6.45) is -15.5. The summed E-state index contributed by atoms with van der Waals surface area (Å²) in [7, 11) is 1.40. The van der Waals surface area contributed by atoms with Crippen LogP contribution >= 0.6 is 0 Å². The molecule has 43 heavy (non-hydrogen) atoms. The van der Waals surface area contributed by atoms with Crippen LogP contribution in [0.15, 0.2) is 30.3 Å². The Morgan fingerprint density at radius 2 is 1.51 bits per heavy atom. The molecule has 2 heterocycles. The molecule has 2 aliphatic rings. The zero-order valence-corrected chi connectivity index (χ0v) is 23.3. The molecule has 4 rings (SSSR count). The number of aliphatic hydroxyl groups excluding tert-OH is 6. The van der Waals surface area contributed by atoms with Crippen molar-refractivity contribution in [2.45, 2.75) is 81.2 Å². The van der Waals surface area contributed by atoms with Crippen molar-refractivity contribution < 1.29 is 74.4 Å². The maximum absolute atomic E-state index is 12.9. The molecule has 2 fully saturated rings. The molecule has 0 bridgehead atoms. The van der Waals surface area contributed by atoms with E-state index in [2.05, 4.69) is 0 Å². The molecule has 2 aliphatic heterocycles. The number of ketones is 1. The van der Waals surface area contributed by atoms with Crippen LogP contribution in [0.25, 0.3) is 0 Å². The fourth-order valence-electron chi connectivity index (χ4n) is 4.93. The number of methoxy groups -OCH3 is 1. The Morgan fingerprint density at radius 1 is 0.837 bits per heavy atom. The number of carbonyl (C=O) groups is 1. The van der Waals surface area contributed by atoms with Crippen LogP contribution in [-0.2, 0) is 20.6 Å². The first-order chi connectivity index (χ1) is 20.4. The third kappa shape index (κ3) is 6.95.